The molecule has 0 bridgehead atoms. The molecule has 0 aliphatic rings. The van der Waals surface area contributed by atoms with Gasteiger partial charge in [0, 0.05) is 6.07 Å². The number of aromatic nitrogens is 3. The van der Waals surface area contributed by atoms with E-state index in [0.717, 1.165) is 11.8 Å². The molecule has 6 N–H and O–H groups in total. The fourth-order valence-corrected chi connectivity index (χ4v) is 2.02. The van der Waals surface area contributed by atoms with Gasteiger partial charge in [-0.3, -0.25) is 0 Å². The van der Waals surface area contributed by atoms with Gasteiger partial charge in [0.15, 0.2) is 5.16 Å². The normalized spacial score (nSPS) is 9.94. The van der Waals surface area contributed by atoms with Crippen LogP contribution in [0.1, 0.15) is 5.56 Å². The minimum atomic E-state index is 0.263. The summed E-state index contributed by atoms with van der Waals surface area (Å²) in [6.45, 7) is 0. The zero-order valence-corrected chi connectivity index (χ0v) is 9.98. The van der Waals surface area contributed by atoms with E-state index >= 15 is 0 Å². The Labute approximate surface area is 107 Å². The van der Waals surface area contributed by atoms with E-state index in [2.05, 4.69) is 15.0 Å². The molecule has 2 aromatic rings. The fourth-order valence-electron chi connectivity index (χ4n) is 1.22. The Balaban J connectivity index is 2.37. The lowest BCUT2D eigenvalue weighted by molar-refractivity contribution is 0.975. The van der Waals surface area contributed by atoms with Gasteiger partial charge in [-0.1, -0.05) is 0 Å². The molecule has 0 aromatic carbocycles. The van der Waals surface area contributed by atoms with Crippen LogP contribution in [-0.4, -0.2) is 15.0 Å². The molecule has 90 valence electrons. The highest BCUT2D eigenvalue weighted by Crippen LogP contribution is 2.27. The van der Waals surface area contributed by atoms with Crippen LogP contribution in [0.3, 0.4) is 0 Å². The number of nitrogen functional groups attached to an aromatic ring is 3. The van der Waals surface area contributed by atoms with Crippen LogP contribution in [0.2, 0.25) is 0 Å². The van der Waals surface area contributed by atoms with Gasteiger partial charge in [0.1, 0.15) is 22.7 Å². The van der Waals surface area contributed by atoms with Gasteiger partial charge in [-0.05, 0) is 17.8 Å². The fraction of sp³-hybridized carbons (Fsp3) is 0. The first-order valence-corrected chi connectivity index (χ1v) is 5.63. The third-order valence-corrected chi connectivity index (χ3v) is 2.81. The molecule has 0 amide bonds. The Hall–Kier alpha value is -2.53. The highest BCUT2D eigenvalue weighted by Gasteiger charge is 2.09. The minimum absolute atomic E-state index is 0.263. The van der Waals surface area contributed by atoms with Crippen molar-refractivity contribution < 1.29 is 0 Å². The molecule has 0 aliphatic carbocycles. The maximum Gasteiger partial charge on any atom is 0.197 e. The third-order valence-electron chi connectivity index (χ3n) is 1.93. The summed E-state index contributed by atoms with van der Waals surface area (Å²) in [5.74, 6) is 0.526. The van der Waals surface area contributed by atoms with Crippen LogP contribution in [0.5, 0.6) is 0 Å². The SMILES string of the molecule is N#Cc1cc(N)cnc1Sc1nc(N)cc(N)n1. The van der Waals surface area contributed by atoms with Crippen LogP contribution in [0.15, 0.2) is 28.5 Å². The molecule has 18 heavy (non-hydrogen) atoms. The van der Waals surface area contributed by atoms with Gasteiger partial charge >= 0.3 is 0 Å². The maximum atomic E-state index is 8.98. The summed E-state index contributed by atoms with van der Waals surface area (Å²) >= 11 is 1.10. The number of nitriles is 1. The molecule has 2 heterocycles. The second-order valence-corrected chi connectivity index (χ2v) is 4.29. The van der Waals surface area contributed by atoms with Crippen molar-refractivity contribution in [3.63, 3.8) is 0 Å². The Morgan fingerprint density at radius 3 is 2.39 bits per heavy atom. The first kappa shape index (κ1) is 11.9. The molecule has 2 aromatic heterocycles. The summed E-state index contributed by atoms with van der Waals surface area (Å²) in [5.41, 5.74) is 17.4. The molecule has 0 aliphatic heterocycles. The average Bonchev–Trinajstić information content (AvgIpc) is 2.30. The summed E-state index contributed by atoms with van der Waals surface area (Å²) in [5, 5.41) is 9.77. The summed E-state index contributed by atoms with van der Waals surface area (Å²) in [7, 11) is 0. The number of nitrogens with zero attached hydrogens (tertiary/aromatic N) is 4. The van der Waals surface area contributed by atoms with Gasteiger partial charge in [0.05, 0.1) is 17.4 Å². The zero-order chi connectivity index (χ0) is 13.1. The van der Waals surface area contributed by atoms with Crippen molar-refractivity contribution in [3.05, 3.63) is 23.9 Å². The highest BCUT2D eigenvalue weighted by molar-refractivity contribution is 7.99. The van der Waals surface area contributed by atoms with Crippen LogP contribution in [0.25, 0.3) is 0 Å². The molecule has 8 heteroatoms. The largest absolute Gasteiger partial charge is 0.397 e. The standard InChI is InChI=1S/C10H9N7S/c11-3-5-1-6(12)4-15-9(5)18-10-16-7(13)2-8(14)17-10/h1-2,4H,12H2,(H4,13,14,16,17). The molecular weight excluding hydrogens is 250 g/mol. The Kier molecular flexibility index (Phi) is 3.16. The van der Waals surface area contributed by atoms with E-state index < -0.39 is 0 Å². The van der Waals surface area contributed by atoms with Gasteiger partial charge in [0.25, 0.3) is 0 Å². The van der Waals surface area contributed by atoms with Gasteiger partial charge < -0.3 is 17.2 Å². The average molecular weight is 259 g/mol. The summed E-state index contributed by atoms with van der Waals surface area (Å²) in [4.78, 5) is 12.0. The predicted molar refractivity (Wildman–Crippen MR) is 68.3 cm³/mol. The number of hydrogen-bond donors (Lipinski definition) is 3. The molecule has 2 rings (SSSR count). The Morgan fingerprint density at radius 2 is 1.78 bits per heavy atom. The number of rotatable bonds is 2. The van der Waals surface area contributed by atoms with Gasteiger partial charge in [0.2, 0.25) is 0 Å². The number of anilines is 3. The molecular formula is C10H9N7S. The van der Waals surface area contributed by atoms with E-state index in [9.17, 15) is 0 Å². The number of pyridine rings is 1. The maximum absolute atomic E-state index is 8.98. The van der Waals surface area contributed by atoms with Crippen LogP contribution in [-0.2, 0) is 0 Å². The van der Waals surface area contributed by atoms with E-state index in [1.807, 2.05) is 6.07 Å². The van der Waals surface area contributed by atoms with E-state index in [-0.39, 0.29) is 11.6 Å². The van der Waals surface area contributed by atoms with Gasteiger partial charge in [-0.2, -0.15) is 5.26 Å². The lowest BCUT2D eigenvalue weighted by atomic mass is 10.3. The van der Waals surface area contributed by atoms with Gasteiger partial charge in [-0.25, -0.2) is 15.0 Å². The van der Waals surface area contributed by atoms with Crippen LogP contribution in [0.4, 0.5) is 17.3 Å². The molecule has 0 unspecified atom stereocenters. The molecule has 0 atom stereocenters. The van der Waals surface area contributed by atoms with Crippen molar-refractivity contribution >= 4 is 29.1 Å². The van der Waals surface area contributed by atoms with Crippen molar-refractivity contribution in [2.45, 2.75) is 10.2 Å². The zero-order valence-electron chi connectivity index (χ0n) is 9.16. The lowest BCUT2D eigenvalue weighted by Crippen LogP contribution is -2.00. The summed E-state index contributed by atoms with van der Waals surface area (Å²) < 4.78 is 0. The first-order valence-electron chi connectivity index (χ1n) is 4.82. The van der Waals surface area contributed by atoms with Crippen molar-refractivity contribution in [2.75, 3.05) is 17.2 Å². The molecule has 7 nitrogen and oxygen atoms in total. The quantitative estimate of drug-likeness (QED) is 0.667. The summed E-state index contributed by atoms with van der Waals surface area (Å²) in [6.07, 6.45) is 1.46. The smallest absolute Gasteiger partial charge is 0.197 e. The molecule has 0 radical (unpaired) electrons. The first-order chi connectivity index (χ1) is 8.58. The van der Waals surface area contributed by atoms with Crippen LogP contribution >= 0.6 is 11.8 Å². The third kappa shape index (κ3) is 2.58. The summed E-state index contributed by atoms with van der Waals surface area (Å²) in [6, 6.07) is 4.99. The van der Waals surface area contributed by atoms with E-state index in [1.165, 1.54) is 18.3 Å². The van der Waals surface area contributed by atoms with Crippen LogP contribution < -0.4 is 17.2 Å². The number of hydrogen-bond acceptors (Lipinski definition) is 8. The van der Waals surface area contributed by atoms with Crippen molar-refractivity contribution in [1.82, 2.24) is 15.0 Å². The monoisotopic (exact) mass is 259 g/mol. The van der Waals surface area contributed by atoms with Crippen molar-refractivity contribution in [2.24, 2.45) is 0 Å². The Bertz CT molecular complexity index is 614. The van der Waals surface area contributed by atoms with E-state index in [4.69, 9.17) is 22.5 Å². The second-order valence-electron chi connectivity index (χ2n) is 3.34. The Morgan fingerprint density at radius 1 is 1.11 bits per heavy atom. The number of nitrogens with two attached hydrogens (primary N) is 3. The second kappa shape index (κ2) is 4.77. The van der Waals surface area contributed by atoms with E-state index in [1.54, 1.807) is 0 Å². The topological polar surface area (TPSA) is 141 Å². The predicted octanol–water partition coefficient (Wildman–Crippen LogP) is 0.641. The van der Waals surface area contributed by atoms with E-state index in [0.29, 0.717) is 21.4 Å². The van der Waals surface area contributed by atoms with Crippen molar-refractivity contribution in [1.29, 1.82) is 5.26 Å². The lowest BCUT2D eigenvalue weighted by Gasteiger charge is -2.04. The molecule has 0 fully saturated rings. The highest BCUT2D eigenvalue weighted by atomic mass is 32.2. The van der Waals surface area contributed by atoms with Crippen LogP contribution in [0, 0.1) is 11.3 Å². The molecule has 0 spiro atoms. The van der Waals surface area contributed by atoms with Crippen molar-refractivity contribution in [3.8, 4) is 6.07 Å². The van der Waals surface area contributed by atoms with Gasteiger partial charge in [-0.15, -0.1) is 0 Å². The molecule has 0 saturated heterocycles. The molecule has 0 saturated carbocycles. The minimum Gasteiger partial charge on any atom is -0.397 e.